The number of hydrogen-bond acceptors (Lipinski definition) is 4. The minimum atomic E-state index is -0.430. The van der Waals surface area contributed by atoms with Crippen LogP contribution in [0.2, 0.25) is 0 Å². The largest absolute Gasteiger partial charge is 0.444 e. The number of carbonyl (C=O) groups is 1. The molecule has 0 unspecified atom stereocenters. The van der Waals surface area contributed by atoms with E-state index in [0.29, 0.717) is 10.9 Å². The Bertz CT molecular complexity index is 566. The van der Waals surface area contributed by atoms with E-state index in [1.54, 1.807) is 6.20 Å². The molecule has 2 aliphatic rings. The van der Waals surface area contributed by atoms with Gasteiger partial charge in [-0.2, -0.15) is 0 Å². The van der Waals surface area contributed by atoms with Gasteiger partial charge in [-0.15, -0.1) is 0 Å². The van der Waals surface area contributed by atoms with Crippen molar-refractivity contribution in [2.75, 3.05) is 31.1 Å². The summed E-state index contributed by atoms with van der Waals surface area (Å²) in [5, 5.41) is 0. The average Bonchev–Trinajstić information content (AvgIpc) is 2.44. The van der Waals surface area contributed by atoms with Gasteiger partial charge in [-0.1, -0.05) is 11.5 Å². The van der Waals surface area contributed by atoms with E-state index >= 15 is 0 Å². The zero-order valence-corrected chi connectivity index (χ0v) is 14.2. The molecule has 1 amide bonds. The van der Waals surface area contributed by atoms with E-state index in [2.05, 4.69) is 9.88 Å². The molecule has 2 radical (unpaired) electrons. The lowest BCUT2D eigenvalue weighted by molar-refractivity contribution is 0.00590. The summed E-state index contributed by atoms with van der Waals surface area (Å²) in [4.78, 5) is 20.6. The van der Waals surface area contributed by atoms with E-state index in [1.807, 2.05) is 37.8 Å². The van der Waals surface area contributed by atoms with Gasteiger partial charge in [-0.3, -0.25) is 0 Å². The predicted octanol–water partition coefficient (Wildman–Crippen LogP) is 1.71. The molecule has 0 bridgehead atoms. The molecule has 1 spiro atoms. The summed E-state index contributed by atoms with van der Waals surface area (Å²) in [7, 11) is 5.68. The standard InChI is InChI=1S/C17H24BN3O2/c1-16(2,3)23-15(22)20-8-6-17(7-9-20)11-21(12-17)14-5-4-13(18)10-19-14/h4-5,10H,6-9,11-12H2,1-3H3. The fraction of sp³-hybridized carbons (Fsp3) is 0.647. The van der Waals surface area contributed by atoms with Gasteiger partial charge in [-0.05, 0) is 39.7 Å². The number of hydrogen-bond donors (Lipinski definition) is 0. The summed E-state index contributed by atoms with van der Waals surface area (Å²) in [6.07, 6.45) is 3.56. The highest BCUT2D eigenvalue weighted by Gasteiger charge is 2.46. The Morgan fingerprint density at radius 1 is 1.26 bits per heavy atom. The number of carbonyl (C=O) groups excluding carboxylic acids is 1. The Kier molecular flexibility index (Phi) is 4.02. The molecule has 0 aliphatic carbocycles. The van der Waals surface area contributed by atoms with Gasteiger partial charge in [0.1, 0.15) is 19.3 Å². The van der Waals surface area contributed by atoms with E-state index < -0.39 is 5.60 Å². The highest BCUT2D eigenvalue weighted by Crippen LogP contribution is 2.42. The van der Waals surface area contributed by atoms with Crippen molar-refractivity contribution in [3.05, 3.63) is 18.3 Å². The predicted molar refractivity (Wildman–Crippen MR) is 91.3 cm³/mol. The molecule has 2 aliphatic heterocycles. The minimum Gasteiger partial charge on any atom is -0.444 e. The normalized spacial score (nSPS) is 20.3. The smallest absolute Gasteiger partial charge is 0.410 e. The fourth-order valence-corrected chi connectivity index (χ4v) is 3.32. The lowest BCUT2D eigenvalue weighted by atomic mass is 9.72. The van der Waals surface area contributed by atoms with Crippen LogP contribution in [0.5, 0.6) is 0 Å². The molecule has 5 nitrogen and oxygen atoms in total. The molecule has 23 heavy (non-hydrogen) atoms. The Morgan fingerprint density at radius 3 is 2.43 bits per heavy atom. The number of likely N-dealkylation sites (tertiary alicyclic amines) is 1. The quantitative estimate of drug-likeness (QED) is 0.741. The van der Waals surface area contributed by atoms with E-state index in [-0.39, 0.29) is 6.09 Å². The first-order valence-corrected chi connectivity index (χ1v) is 8.21. The molecular weight excluding hydrogens is 289 g/mol. The van der Waals surface area contributed by atoms with Crippen LogP contribution in [0.25, 0.3) is 0 Å². The van der Waals surface area contributed by atoms with Crippen LogP contribution >= 0.6 is 0 Å². The number of pyridine rings is 1. The lowest BCUT2D eigenvalue weighted by Gasteiger charge is -2.54. The molecule has 2 saturated heterocycles. The molecule has 1 aromatic heterocycles. The second kappa shape index (κ2) is 5.73. The Morgan fingerprint density at radius 2 is 1.91 bits per heavy atom. The van der Waals surface area contributed by atoms with Gasteiger partial charge in [0.2, 0.25) is 0 Å². The van der Waals surface area contributed by atoms with Gasteiger partial charge < -0.3 is 14.5 Å². The van der Waals surface area contributed by atoms with Gasteiger partial charge in [0, 0.05) is 37.8 Å². The molecule has 3 heterocycles. The fourth-order valence-electron chi connectivity index (χ4n) is 3.32. The van der Waals surface area contributed by atoms with E-state index in [9.17, 15) is 4.79 Å². The van der Waals surface area contributed by atoms with Crippen LogP contribution < -0.4 is 10.4 Å². The molecule has 6 heteroatoms. The summed E-state index contributed by atoms with van der Waals surface area (Å²) < 4.78 is 5.45. The van der Waals surface area contributed by atoms with Crippen LogP contribution in [-0.2, 0) is 4.74 Å². The summed E-state index contributed by atoms with van der Waals surface area (Å²) in [6, 6.07) is 3.86. The summed E-state index contributed by atoms with van der Waals surface area (Å²) >= 11 is 0. The maximum Gasteiger partial charge on any atom is 0.410 e. The molecule has 0 N–H and O–H groups in total. The molecule has 3 rings (SSSR count). The zero-order chi connectivity index (χ0) is 16.7. The first-order valence-electron chi connectivity index (χ1n) is 8.21. The maximum atomic E-state index is 12.1. The zero-order valence-electron chi connectivity index (χ0n) is 14.2. The summed E-state index contributed by atoms with van der Waals surface area (Å²) in [5.41, 5.74) is 0.580. The first-order chi connectivity index (χ1) is 10.8. The molecule has 122 valence electrons. The van der Waals surface area contributed by atoms with Gasteiger partial charge in [-0.25, -0.2) is 9.78 Å². The van der Waals surface area contributed by atoms with Crippen LogP contribution in [0, 0.1) is 5.41 Å². The number of nitrogens with zero attached hydrogens (tertiary/aromatic N) is 3. The lowest BCUT2D eigenvalue weighted by Crippen LogP contribution is -2.61. The van der Waals surface area contributed by atoms with Gasteiger partial charge in [0.05, 0.1) is 0 Å². The van der Waals surface area contributed by atoms with Crippen LogP contribution in [-0.4, -0.2) is 55.6 Å². The number of rotatable bonds is 1. The van der Waals surface area contributed by atoms with Crippen molar-refractivity contribution in [3.8, 4) is 0 Å². The van der Waals surface area contributed by atoms with E-state index in [0.717, 1.165) is 44.8 Å². The van der Waals surface area contributed by atoms with Crippen molar-refractivity contribution in [1.82, 2.24) is 9.88 Å². The molecular formula is C17H24BN3O2. The highest BCUT2D eigenvalue weighted by molar-refractivity contribution is 6.32. The molecule has 0 atom stereocenters. The van der Waals surface area contributed by atoms with Crippen LogP contribution in [0.4, 0.5) is 10.6 Å². The molecule has 0 aromatic carbocycles. The van der Waals surface area contributed by atoms with Crippen molar-refractivity contribution < 1.29 is 9.53 Å². The molecule has 0 saturated carbocycles. The minimum absolute atomic E-state index is 0.191. The third-order valence-corrected chi connectivity index (χ3v) is 4.62. The van der Waals surface area contributed by atoms with Crippen molar-refractivity contribution >= 4 is 25.2 Å². The first kappa shape index (κ1) is 16.2. The average molecular weight is 313 g/mol. The monoisotopic (exact) mass is 313 g/mol. The van der Waals surface area contributed by atoms with Crippen molar-refractivity contribution in [2.24, 2.45) is 5.41 Å². The van der Waals surface area contributed by atoms with E-state index in [1.165, 1.54) is 0 Å². The molecule has 1 aromatic rings. The third kappa shape index (κ3) is 3.62. The topological polar surface area (TPSA) is 45.7 Å². The molecule has 2 fully saturated rings. The van der Waals surface area contributed by atoms with Crippen LogP contribution in [0.15, 0.2) is 18.3 Å². The Balaban J connectivity index is 1.50. The summed E-state index contributed by atoms with van der Waals surface area (Å²) in [5.74, 6) is 0.986. The van der Waals surface area contributed by atoms with Crippen molar-refractivity contribution in [3.63, 3.8) is 0 Å². The van der Waals surface area contributed by atoms with Crippen molar-refractivity contribution in [2.45, 2.75) is 39.2 Å². The van der Waals surface area contributed by atoms with Crippen LogP contribution in [0.1, 0.15) is 33.6 Å². The van der Waals surface area contributed by atoms with Gasteiger partial charge in [0.25, 0.3) is 0 Å². The van der Waals surface area contributed by atoms with Crippen LogP contribution in [0.3, 0.4) is 0 Å². The number of aromatic nitrogens is 1. The van der Waals surface area contributed by atoms with Crippen molar-refractivity contribution in [1.29, 1.82) is 0 Å². The third-order valence-electron chi connectivity index (χ3n) is 4.62. The maximum absolute atomic E-state index is 12.1. The van der Waals surface area contributed by atoms with Gasteiger partial charge in [0.15, 0.2) is 0 Å². The Labute approximate surface area is 139 Å². The second-order valence-electron chi connectivity index (χ2n) is 7.77. The number of amides is 1. The summed E-state index contributed by atoms with van der Waals surface area (Å²) in [6.45, 7) is 9.27. The number of piperidine rings is 1. The Hall–Kier alpha value is -1.72. The van der Waals surface area contributed by atoms with E-state index in [4.69, 9.17) is 12.6 Å². The second-order valence-corrected chi connectivity index (χ2v) is 7.77. The number of ether oxygens (including phenoxy) is 1. The SMILES string of the molecule is [B]c1ccc(N2CC3(CCN(C(=O)OC(C)(C)C)CC3)C2)nc1. The highest BCUT2D eigenvalue weighted by atomic mass is 16.6. The van der Waals surface area contributed by atoms with Gasteiger partial charge >= 0.3 is 6.09 Å². The number of anilines is 1.